The van der Waals surface area contributed by atoms with Crippen molar-refractivity contribution in [2.24, 2.45) is 0 Å². The van der Waals surface area contributed by atoms with Gasteiger partial charge in [-0.25, -0.2) is 13.1 Å². The molecule has 0 aliphatic heterocycles. The van der Waals surface area contributed by atoms with Crippen molar-refractivity contribution in [2.75, 3.05) is 47.1 Å². The van der Waals surface area contributed by atoms with Crippen LogP contribution in [0.4, 0.5) is 13.2 Å². The number of likely N-dealkylation sites (N-methyl/N-ethyl adjacent to an activating group) is 1. The van der Waals surface area contributed by atoms with Crippen LogP contribution in [0.25, 0.3) is 0 Å². The second-order valence-corrected chi connectivity index (χ2v) is 11.5. The van der Waals surface area contributed by atoms with Gasteiger partial charge in [-0.3, -0.25) is 0 Å². The molecule has 3 rings (SSSR count). The topological polar surface area (TPSA) is 77.1 Å². The van der Waals surface area contributed by atoms with Gasteiger partial charge in [0.1, 0.15) is 11.9 Å². The molecular formula is C26H34ClF3N2O5S. The third-order valence-electron chi connectivity index (χ3n) is 6.26. The Labute approximate surface area is 227 Å². The first-order valence-corrected chi connectivity index (χ1v) is 14.2. The molecule has 1 N–H and O–H groups in total. The summed E-state index contributed by atoms with van der Waals surface area (Å²) < 4.78 is 86.1. The zero-order valence-electron chi connectivity index (χ0n) is 21.9. The predicted molar refractivity (Wildman–Crippen MR) is 139 cm³/mol. The zero-order chi connectivity index (χ0) is 28.1. The number of sulfonamides is 1. The van der Waals surface area contributed by atoms with Gasteiger partial charge in [-0.15, -0.1) is 0 Å². The summed E-state index contributed by atoms with van der Waals surface area (Å²) in [5.41, 5.74) is 0.299. The fourth-order valence-electron chi connectivity index (χ4n) is 4.37. The molecule has 0 amide bonds. The van der Waals surface area contributed by atoms with E-state index in [1.54, 1.807) is 21.0 Å². The van der Waals surface area contributed by atoms with E-state index in [1.807, 2.05) is 11.8 Å². The van der Waals surface area contributed by atoms with Gasteiger partial charge in [-0.05, 0) is 80.9 Å². The lowest BCUT2D eigenvalue weighted by Gasteiger charge is -2.28. The maximum Gasteiger partial charge on any atom is 0.416 e. The lowest BCUT2D eigenvalue weighted by atomic mass is 10.0. The Balaban J connectivity index is 1.73. The Bertz CT molecular complexity index is 1210. The van der Waals surface area contributed by atoms with Gasteiger partial charge in [0.25, 0.3) is 0 Å². The summed E-state index contributed by atoms with van der Waals surface area (Å²) in [7, 11) is -0.245. The second kappa shape index (κ2) is 13.0. The minimum absolute atomic E-state index is 0.0224. The first-order chi connectivity index (χ1) is 17.8. The molecule has 0 bridgehead atoms. The number of nitrogens with zero attached hydrogens (tertiary/aromatic N) is 1. The molecule has 0 radical (unpaired) electrons. The van der Waals surface area contributed by atoms with Crippen LogP contribution in [-0.4, -0.2) is 66.4 Å². The molecule has 2 aromatic rings. The molecule has 0 heterocycles. The lowest BCUT2D eigenvalue weighted by Crippen LogP contribution is -2.34. The van der Waals surface area contributed by atoms with Crippen molar-refractivity contribution >= 4 is 21.6 Å². The van der Waals surface area contributed by atoms with E-state index < -0.39 is 27.9 Å². The molecule has 0 saturated carbocycles. The number of rotatable bonds is 13. The van der Waals surface area contributed by atoms with Crippen molar-refractivity contribution in [2.45, 2.75) is 49.9 Å². The smallest absolute Gasteiger partial charge is 0.416 e. The molecule has 7 nitrogen and oxygen atoms in total. The summed E-state index contributed by atoms with van der Waals surface area (Å²) in [6, 6.07) is 6.47. The van der Waals surface area contributed by atoms with Gasteiger partial charge in [0.2, 0.25) is 10.0 Å². The fraction of sp³-hybridized carbons (Fsp3) is 0.538. The largest absolute Gasteiger partial charge is 0.484 e. The van der Waals surface area contributed by atoms with Gasteiger partial charge in [0, 0.05) is 18.2 Å². The standard InChI is InChI=1S/C26H34ClF3N2O5S/c1-5-9-35-11-12-36-10-8-31-38(33,34)19-6-7-24(17(2)13-19)37-25-21-14-18(27)15-22(26(28,29)30)20(21)16-23(25)32(3)4/h6-7,13-15,23,25,31H,5,8-12,16H2,1-4H3/t23-,25-/m0/s1. The van der Waals surface area contributed by atoms with E-state index in [9.17, 15) is 21.6 Å². The van der Waals surface area contributed by atoms with Crippen molar-refractivity contribution in [3.63, 3.8) is 0 Å². The van der Waals surface area contributed by atoms with Crippen LogP contribution in [0.15, 0.2) is 35.2 Å². The first kappa shape index (κ1) is 30.6. The average Bonchev–Trinajstić information content (AvgIpc) is 3.19. The summed E-state index contributed by atoms with van der Waals surface area (Å²) in [5.74, 6) is 0.373. The first-order valence-electron chi connectivity index (χ1n) is 12.3. The number of ether oxygens (including phenoxy) is 3. The van der Waals surface area contributed by atoms with E-state index in [1.165, 1.54) is 24.3 Å². The van der Waals surface area contributed by atoms with Crippen molar-refractivity contribution < 1.29 is 35.8 Å². The van der Waals surface area contributed by atoms with Crippen LogP contribution in [0.3, 0.4) is 0 Å². The molecule has 0 saturated heterocycles. The van der Waals surface area contributed by atoms with Crippen LogP contribution in [0, 0.1) is 6.92 Å². The van der Waals surface area contributed by atoms with Crippen molar-refractivity contribution in [3.05, 3.63) is 57.6 Å². The SMILES string of the molecule is CCCOCCOCCNS(=O)(=O)c1ccc(O[C@H]2c3cc(Cl)cc(C(F)(F)F)c3C[C@@H]2N(C)C)c(C)c1. The van der Waals surface area contributed by atoms with E-state index in [-0.39, 0.29) is 41.1 Å². The zero-order valence-corrected chi connectivity index (χ0v) is 23.5. The van der Waals surface area contributed by atoms with Crippen molar-refractivity contribution in [3.8, 4) is 5.75 Å². The average molecular weight is 579 g/mol. The van der Waals surface area contributed by atoms with Crippen LogP contribution in [0.2, 0.25) is 5.02 Å². The molecule has 1 aliphatic carbocycles. The Morgan fingerprint density at radius 1 is 1.08 bits per heavy atom. The number of alkyl halides is 3. The number of fused-ring (bicyclic) bond motifs is 1. The summed E-state index contributed by atoms with van der Waals surface area (Å²) in [4.78, 5) is 1.86. The van der Waals surface area contributed by atoms with Crippen LogP contribution >= 0.6 is 11.6 Å². The molecule has 2 aromatic carbocycles. The number of nitrogens with one attached hydrogen (secondary N) is 1. The predicted octanol–water partition coefficient (Wildman–Crippen LogP) is 5.00. The Kier molecular flexibility index (Phi) is 10.5. The van der Waals surface area contributed by atoms with Crippen molar-refractivity contribution in [1.29, 1.82) is 0 Å². The molecule has 212 valence electrons. The number of hydrogen-bond acceptors (Lipinski definition) is 6. The summed E-state index contributed by atoms with van der Waals surface area (Å²) in [6.07, 6.45) is -4.22. The highest BCUT2D eigenvalue weighted by molar-refractivity contribution is 7.89. The molecule has 1 aliphatic rings. The van der Waals surface area contributed by atoms with Gasteiger partial charge in [0.15, 0.2) is 0 Å². The lowest BCUT2D eigenvalue weighted by molar-refractivity contribution is -0.138. The third-order valence-corrected chi connectivity index (χ3v) is 7.93. The Morgan fingerprint density at radius 3 is 2.37 bits per heavy atom. The minimum atomic E-state index is -4.55. The normalized spacial score (nSPS) is 17.7. The van der Waals surface area contributed by atoms with E-state index in [0.29, 0.717) is 36.7 Å². The second-order valence-electron chi connectivity index (χ2n) is 9.34. The molecule has 2 atom stereocenters. The van der Waals surface area contributed by atoms with E-state index >= 15 is 0 Å². The fourth-order valence-corrected chi connectivity index (χ4v) is 5.69. The molecule has 0 aromatic heterocycles. The molecule has 0 unspecified atom stereocenters. The number of benzene rings is 2. The van der Waals surface area contributed by atoms with Gasteiger partial charge < -0.3 is 19.1 Å². The molecule has 38 heavy (non-hydrogen) atoms. The minimum Gasteiger partial charge on any atom is -0.484 e. The van der Waals surface area contributed by atoms with Gasteiger partial charge in [-0.1, -0.05) is 18.5 Å². The summed E-state index contributed by atoms with van der Waals surface area (Å²) in [5, 5.41) is -0.0224. The maximum absolute atomic E-state index is 13.7. The number of halogens is 4. The number of aryl methyl sites for hydroxylation is 1. The van der Waals surface area contributed by atoms with Crippen molar-refractivity contribution in [1.82, 2.24) is 9.62 Å². The quantitative estimate of drug-likeness (QED) is 0.337. The van der Waals surface area contributed by atoms with Crippen LogP contribution in [0.5, 0.6) is 5.75 Å². The van der Waals surface area contributed by atoms with Gasteiger partial charge in [0.05, 0.1) is 36.3 Å². The maximum atomic E-state index is 13.7. The molecule has 0 fully saturated rings. The van der Waals surface area contributed by atoms with E-state index in [4.69, 9.17) is 25.8 Å². The van der Waals surface area contributed by atoms with Gasteiger partial charge in [-0.2, -0.15) is 13.2 Å². The molecular weight excluding hydrogens is 545 g/mol. The Hall–Kier alpha value is -1.89. The van der Waals surface area contributed by atoms with Crippen LogP contribution < -0.4 is 9.46 Å². The van der Waals surface area contributed by atoms with Crippen LogP contribution in [-0.2, 0) is 32.1 Å². The van der Waals surface area contributed by atoms with E-state index in [2.05, 4.69) is 4.72 Å². The molecule has 0 spiro atoms. The highest BCUT2D eigenvalue weighted by Crippen LogP contribution is 2.45. The van der Waals surface area contributed by atoms with Crippen LogP contribution in [0.1, 0.15) is 41.7 Å². The Morgan fingerprint density at radius 2 is 1.76 bits per heavy atom. The summed E-state index contributed by atoms with van der Waals surface area (Å²) in [6.45, 7) is 5.47. The van der Waals surface area contributed by atoms with E-state index in [0.717, 1.165) is 12.5 Å². The third kappa shape index (κ3) is 7.61. The molecule has 12 heteroatoms. The summed E-state index contributed by atoms with van der Waals surface area (Å²) >= 11 is 6.06. The van der Waals surface area contributed by atoms with Gasteiger partial charge >= 0.3 is 6.18 Å². The number of hydrogen-bond donors (Lipinski definition) is 1. The highest BCUT2D eigenvalue weighted by Gasteiger charge is 2.43. The monoisotopic (exact) mass is 578 g/mol. The highest BCUT2D eigenvalue weighted by atomic mass is 35.5.